The summed E-state index contributed by atoms with van der Waals surface area (Å²) in [5, 5.41) is 2.90. The number of hydrogen-bond donors (Lipinski definition) is 1. The van der Waals surface area contributed by atoms with E-state index in [2.05, 4.69) is 5.32 Å². The Balaban J connectivity index is 1.77. The van der Waals surface area contributed by atoms with E-state index in [0.717, 1.165) is 29.2 Å². The van der Waals surface area contributed by atoms with Gasteiger partial charge in [-0.25, -0.2) is 0 Å². The Morgan fingerprint density at radius 1 is 1.45 bits per heavy atom. The quantitative estimate of drug-likeness (QED) is 0.872. The van der Waals surface area contributed by atoms with Crippen LogP contribution in [-0.4, -0.2) is 43.3 Å². The van der Waals surface area contributed by atoms with Crippen molar-refractivity contribution in [1.29, 1.82) is 0 Å². The Kier molecular flexibility index (Phi) is 5.31. The summed E-state index contributed by atoms with van der Waals surface area (Å²) in [5.74, 6) is 2.66. The lowest BCUT2D eigenvalue weighted by molar-refractivity contribution is -0.124. The first-order valence-electron chi connectivity index (χ1n) is 6.73. The molecule has 0 spiro atoms. The minimum Gasteiger partial charge on any atom is -0.484 e. The molecule has 0 unspecified atom stereocenters. The molecule has 2 rings (SSSR count). The number of para-hydroxylation sites is 1. The fourth-order valence-electron chi connectivity index (χ4n) is 2.13. The van der Waals surface area contributed by atoms with Crippen LogP contribution in [0.15, 0.2) is 24.3 Å². The predicted octanol–water partition coefficient (Wildman–Crippen LogP) is 2.01. The Morgan fingerprint density at radius 2 is 2.25 bits per heavy atom. The number of benzene rings is 1. The van der Waals surface area contributed by atoms with Gasteiger partial charge in [0.05, 0.1) is 5.60 Å². The summed E-state index contributed by atoms with van der Waals surface area (Å²) in [6.07, 6.45) is 0.979. The van der Waals surface area contributed by atoms with E-state index in [-0.39, 0.29) is 18.1 Å². The van der Waals surface area contributed by atoms with E-state index in [9.17, 15) is 4.79 Å². The van der Waals surface area contributed by atoms with E-state index >= 15 is 0 Å². The van der Waals surface area contributed by atoms with Crippen LogP contribution in [0.1, 0.15) is 12.0 Å². The minimum atomic E-state index is -0.205. The van der Waals surface area contributed by atoms with Crippen LogP contribution in [0.25, 0.3) is 0 Å². The van der Waals surface area contributed by atoms with E-state index < -0.39 is 0 Å². The first kappa shape index (κ1) is 15.2. The minimum absolute atomic E-state index is 0.0395. The number of amides is 1. The lowest BCUT2D eigenvalue weighted by atomic mass is 10.0. The zero-order valence-electron chi connectivity index (χ0n) is 12.0. The molecule has 1 fully saturated rings. The average Bonchev–Trinajstić information content (AvgIpc) is 2.94. The topological polar surface area (TPSA) is 47.6 Å². The third kappa shape index (κ3) is 3.90. The zero-order chi connectivity index (χ0) is 14.4. The third-order valence-corrected chi connectivity index (χ3v) is 4.78. The van der Waals surface area contributed by atoms with Crippen LogP contribution in [-0.2, 0) is 9.53 Å². The van der Waals surface area contributed by atoms with Gasteiger partial charge in [-0.3, -0.25) is 4.79 Å². The number of nitrogens with one attached hydrogen (secondary N) is 1. The molecule has 1 N–H and O–H groups in total. The molecule has 4 nitrogen and oxygen atoms in total. The zero-order valence-corrected chi connectivity index (χ0v) is 12.8. The fraction of sp³-hybridized carbons (Fsp3) is 0.533. The highest BCUT2D eigenvalue weighted by Crippen LogP contribution is 2.30. The predicted molar refractivity (Wildman–Crippen MR) is 81.4 cm³/mol. The molecule has 1 heterocycles. The molecule has 0 aromatic heterocycles. The number of aryl methyl sites for hydroxylation is 1. The van der Waals surface area contributed by atoms with Crippen LogP contribution >= 0.6 is 11.8 Å². The van der Waals surface area contributed by atoms with E-state index in [0.29, 0.717) is 6.54 Å². The monoisotopic (exact) mass is 295 g/mol. The first-order valence-corrected chi connectivity index (χ1v) is 7.89. The number of thioether (sulfide) groups is 1. The van der Waals surface area contributed by atoms with E-state index in [4.69, 9.17) is 9.47 Å². The van der Waals surface area contributed by atoms with Crippen molar-refractivity contribution in [2.45, 2.75) is 18.9 Å². The molecule has 20 heavy (non-hydrogen) atoms. The molecule has 0 saturated carbocycles. The Labute approximate surface area is 124 Å². The van der Waals surface area contributed by atoms with Gasteiger partial charge in [0, 0.05) is 19.4 Å². The van der Waals surface area contributed by atoms with Crippen molar-refractivity contribution >= 4 is 17.7 Å². The van der Waals surface area contributed by atoms with Crippen molar-refractivity contribution < 1.29 is 14.3 Å². The van der Waals surface area contributed by atoms with Crippen LogP contribution in [0.4, 0.5) is 0 Å². The maximum absolute atomic E-state index is 11.8. The van der Waals surface area contributed by atoms with Gasteiger partial charge < -0.3 is 14.8 Å². The van der Waals surface area contributed by atoms with Crippen molar-refractivity contribution in [1.82, 2.24) is 5.32 Å². The second kappa shape index (κ2) is 6.99. The van der Waals surface area contributed by atoms with Gasteiger partial charge in [-0.05, 0) is 30.7 Å². The van der Waals surface area contributed by atoms with Crippen LogP contribution in [0.5, 0.6) is 5.75 Å². The van der Waals surface area contributed by atoms with Gasteiger partial charge in [-0.15, -0.1) is 0 Å². The summed E-state index contributed by atoms with van der Waals surface area (Å²) in [5.41, 5.74) is 0.823. The van der Waals surface area contributed by atoms with Gasteiger partial charge in [0.1, 0.15) is 5.75 Å². The lowest BCUT2D eigenvalue weighted by Gasteiger charge is -2.26. The molecule has 1 aliphatic rings. The maximum atomic E-state index is 11.8. The van der Waals surface area contributed by atoms with E-state index in [1.54, 1.807) is 7.11 Å². The van der Waals surface area contributed by atoms with Crippen molar-refractivity contribution in [3.63, 3.8) is 0 Å². The molecular weight excluding hydrogens is 274 g/mol. The second-order valence-corrected chi connectivity index (χ2v) is 6.13. The molecule has 1 aromatic carbocycles. The van der Waals surface area contributed by atoms with Crippen molar-refractivity contribution in [3.8, 4) is 5.75 Å². The van der Waals surface area contributed by atoms with Crippen molar-refractivity contribution in [2.75, 3.05) is 31.8 Å². The largest absolute Gasteiger partial charge is 0.484 e. The van der Waals surface area contributed by atoms with Gasteiger partial charge >= 0.3 is 0 Å². The molecule has 0 aliphatic carbocycles. The molecular formula is C15H21NO3S. The maximum Gasteiger partial charge on any atom is 0.258 e. The van der Waals surface area contributed by atoms with Crippen molar-refractivity contribution in [3.05, 3.63) is 29.8 Å². The highest BCUT2D eigenvalue weighted by atomic mass is 32.2. The average molecular weight is 295 g/mol. The molecule has 110 valence electrons. The molecule has 1 aliphatic heterocycles. The summed E-state index contributed by atoms with van der Waals surface area (Å²) in [4.78, 5) is 11.8. The van der Waals surface area contributed by atoms with Crippen LogP contribution in [0, 0.1) is 6.92 Å². The summed E-state index contributed by atoms with van der Waals surface area (Å²) in [6, 6.07) is 7.67. The molecule has 5 heteroatoms. The number of methoxy groups -OCH3 is 1. The van der Waals surface area contributed by atoms with Gasteiger partial charge in [0.25, 0.3) is 5.91 Å². The number of rotatable bonds is 6. The lowest BCUT2D eigenvalue weighted by Crippen LogP contribution is -2.45. The summed E-state index contributed by atoms with van der Waals surface area (Å²) in [7, 11) is 1.71. The fourth-order valence-corrected chi connectivity index (χ4v) is 3.53. The molecule has 1 aromatic rings. The van der Waals surface area contributed by atoms with Crippen molar-refractivity contribution in [2.24, 2.45) is 0 Å². The number of ether oxygens (including phenoxy) is 2. The van der Waals surface area contributed by atoms with Crippen LogP contribution < -0.4 is 10.1 Å². The number of carbonyl (C=O) groups is 1. The highest BCUT2D eigenvalue weighted by molar-refractivity contribution is 7.99. The van der Waals surface area contributed by atoms with Gasteiger partial charge in [-0.2, -0.15) is 11.8 Å². The van der Waals surface area contributed by atoms with Gasteiger partial charge in [-0.1, -0.05) is 18.2 Å². The van der Waals surface area contributed by atoms with E-state index in [1.807, 2.05) is 43.0 Å². The standard InChI is InChI=1S/C15H21NO3S/c1-12-5-3-4-6-13(12)19-9-14(17)16-10-15(18-2)7-8-20-11-15/h3-6H,7-11H2,1-2H3,(H,16,17)/t15-/m1/s1. The molecule has 1 atom stereocenters. The van der Waals surface area contributed by atoms with Crippen LogP contribution in [0.3, 0.4) is 0 Å². The molecule has 0 radical (unpaired) electrons. The number of carbonyl (C=O) groups excluding carboxylic acids is 1. The first-order chi connectivity index (χ1) is 9.65. The smallest absolute Gasteiger partial charge is 0.258 e. The Morgan fingerprint density at radius 3 is 2.90 bits per heavy atom. The normalized spacial score (nSPS) is 21.7. The SMILES string of the molecule is CO[C@@]1(CNC(=O)COc2ccccc2C)CCSC1. The summed E-state index contributed by atoms with van der Waals surface area (Å²) in [6.45, 7) is 2.55. The van der Waals surface area contributed by atoms with Gasteiger partial charge in [0.2, 0.25) is 0 Å². The summed E-state index contributed by atoms with van der Waals surface area (Å²) >= 11 is 1.86. The Hall–Kier alpha value is -1.20. The summed E-state index contributed by atoms with van der Waals surface area (Å²) < 4.78 is 11.1. The molecule has 1 saturated heterocycles. The molecule has 1 amide bonds. The van der Waals surface area contributed by atoms with Crippen LogP contribution in [0.2, 0.25) is 0 Å². The number of hydrogen-bond acceptors (Lipinski definition) is 4. The highest BCUT2D eigenvalue weighted by Gasteiger charge is 2.34. The van der Waals surface area contributed by atoms with Gasteiger partial charge in [0.15, 0.2) is 6.61 Å². The Bertz CT molecular complexity index is 458. The van der Waals surface area contributed by atoms with E-state index in [1.165, 1.54) is 0 Å². The second-order valence-electron chi connectivity index (χ2n) is 5.02. The third-order valence-electron chi connectivity index (χ3n) is 3.56. The molecule has 0 bridgehead atoms.